The molecular weight excluding hydrogens is 232 g/mol. The van der Waals surface area contributed by atoms with E-state index in [1.54, 1.807) is 0 Å². The van der Waals surface area contributed by atoms with Gasteiger partial charge in [0, 0.05) is 5.56 Å². The average molecular weight is 245 g/mol. The lowest BCUT2D eigenvalue weighted by molar-refractivity contribution is -0.173. The van der Waals surface area contributed by atoms with Crippen LogP contribution >= 0.6 is 0 Å². The number of hydrogen-bond acceptors (Lipinski definition) is 4. The average Bonchev–Trinajstić information content (AvgIpc) is 2.30. The minimum atomic E-state index is -3.67. The molecule has 1 aromatic rings. The summed E-state index contributed by atoms with van der Waals surface area (Å²) >= 11 is 0. The molecule has 0 aliphatic rings. The summed E-state index contributed by atoms with van der Waals surface area (Å²) in [6.07, 6.45) is 0. The van der Waals surface area contributed by atoms with Crippen molar-refractivity contribution >= 4 is 11.7 Å². The topological polar surface area (TPSA) is 47.6 Å². The molecule has 0 heterocycles. The van der Waals surface area contributed by atoms with Crippen LogP contribution in [0.15, 0.2) is 24.3 Å². The van der Waals surface area contributed by atoms with Gasteiger partial charge in [0.05, 0.1) is 19.4 Å². The molecule has 0 amide bonds. The van der Waals surface area contributed by atoms with Crippen LogP contribution in [0, 0.1) is 0 Å². The van der Waals surface area contributed by atoms with Crippen LogP contribution < -0.4 is 5.48 Å². The molecule has 0 spiro atoms. The van der Waals surface area contributed by atoms with Gasteiger partial charge < -0.3 is 4.74 Å². The summed E-state index contributed by atoms with van der Waals surface area (Å²) in [4.78, 5) is 15.7. The Hall–Kier alpha value is -1.69. The van der Waals surface area contributed by atoms with Crippen LogP contribution in [0.1, 0.15) is 12.5 Å². The number of carbonyl (C=O) groups is 1. The molecule has 6 heteroatoms. The van der Waals surface area contributed by atoms with E-state index in [-0.39, 0.29) is 6.61 Å². The van der Waals surface area contributed by atoms with Crippen molar-refractivity contribution in [3.63, 3.8) is 0 Å². The highest BCUT2D eigenvalue weighted by molar-refractivity contribution is 5.79. The molecule has 1 aromatic carbocycles. The van der Waals surface area contributed by atoms with Crippen molar-refractivity contribution in [1.82, 2.24) is 0 Å². The molecule has 0 radical (unpaired) electrons. The largest absolute Gasteiger partial charge is 0.461 e. The van der Waals surface area contributed by atoms with Crippen LogP contribution in [0.5, 0.6) is 0 Å². The minimum absolute atomic E-state index is 0.0928. The van der Waals surface area contributed by atoms with Gasteiger partial charge in [-0.15, -0.1) is 0 Å². The second kappa shape index (κ2) is 5.58. The molecular formula is C11H13F2NO3. The second-order valence-electron chi connectivity index (χ2n) is 3.18. The van der Waals surface area contributed by atoms with E-state index in [0.717, 1.165) is 12.1 Å². The molecule has 0 aromatic heterocycles. The number of alkyl halides is 2. The molecule has 94 valence electrons. The minimum Gasteiger partial charge on any atom is -0.461 e. The maximum absolute atomic E-state index is 13.6. The van der Waals surface area contributed by atoms with E-state index in [0.29, 0.717) is 5.69 Å². The van der Waals surface area contributed by atoms with E-state index in [4.69, 9.17) is 0 Å². The molecule has 0 bridgehead atoms. The Labute approximate surface area is 97.5 Å². The first kappa shape index (κ1) is 13.4. The lowest BCUT2D eigenvalue weighted by Gasteiger charge is -2.15. The van der Waals surface area contributed by atoms with Gasteiger partial charge in [-0.2, -0.15) is 8.78 Å². The van der Waals surface area contributed by atoms with E-state index < -0.39 is 17.5 Å². The number of rotatable bonds is 5. The zero-order chi connectivity index (χ0) is 12.9. The van der Waals surface area contributed by atoms with Crippen LogP contribution in [0.2, 0.25) is 0 Å². The maximum Gasteiger partial charge on any atom is 0.381 e. The number of benzene rings is 1. The summed E-state index contributed by atoms with van der Waals surface area (Å²) in [6.45, 7) is 1.38. The maximum atomic E-state index is 13.6. The SMILES string of the molecule is CCOC(=O)C(F)(F)c1cccc(NOC)c1. The van der Waals surface area contributed by atoms with Gasteiger partial charge in [0.15, 0.2) is 0 Å². The van der Waals surface area contributed by atoms with Gasteiger partial charge in [0.1, 0.15) is 0 Å². The Balaban J connectivity index is 2.97. The summed E-state index contributed by atoms with van der Waals surface area (Å²) < 4.78 is 31.5. The first-order valence-electron chi connectivity index (χ1n) is 4.97. The molecule has 0 saturated heterocycles. The zero-order valence-electron chi connectivity index (χ0n) is 9.50. The van der Waals surface area contributed by atoms with Crippen LogP contribution in [-0.4, -0.2) is 19.7 Å². The third-order valence-corrected chi connectivity index (χ3v) is 1.98. The predicted octanol–water partition coefficient (Wildman–Crippen LogP) is 2.31. The molecule has 17 heavy (non-hydrogen) atoms. The Morgan fingerprint density at radius 2 is 2.18 bits per heavy atom. The highest BCUT2D eigenvalue weighted by atomic mass is 19.3. The fraction of sp³-hybridized carbons (Fsp3) is 0.364. The van der Waals surface area contributed by atoms with Crippen molar-refractivity contribution in [3.05, 3.63) is 29.8 Å². The molecule has 4 nitrogen and oxygen atoms in total. The highest BCUT2D eigenvalue weighted by Gasteiger charge is 2.42. The molecule has 0 unspecified atom stereocenters. The summed E-state index contributed by atoms with van der Waals surface area (Å²) in [7, 11) is 1.36. The van der Waals surface area contributed by atoms with E-state index in [2.05, 4.69) is 15.1 Å². The van der Waals surface area contributed by atoms with Crippen molar-refractivity contribution in [3.8, 4) is 0 Å². The Bertz CT molecular complexity index is 396. The Kier molecular flexibility index (Phi) is 4.39. The first-order valence-corrected chi connectivity index (χ1v) is 4.97. The predicted molar refractivity (Wildman–Crippen MR) is 57.6 cm³/mol. The van der Waals surface area contributed by atoms with Crippen molar-refractivity contribution in [2.75, 3.05) is 19.2 Å². The number of hydrogen-bond donors (Lipinski definition) is 1. The molecule has 1 N–H and O–H groups in total. The van der Waals surface area contributed by atoms with Gasteiger partial charge >= 0.3 is 11.9 Å². The van der Waals surface area contributed by atoms with Crippen molar-refractivity contribution < 1.29 is 23.1 Å². The molecule has 0 aliphatic carbocycles. The number of nitrogens with one attached hydrogen (secondary N) is 1. The van der Waals surface area contributed by atoms with Gasteiger partial charge in [-0.3, -0.25) is 10.3 Å². The van der Waals surface area contributed by atoms with Crippen molar-refractivity contribution in [2.45, 2.75) is 12.8 Å². The first-order chi connectivity index (χ1) is 8.02. The van der Waals surface area contributed by atoms with Crippen LogP contribution in [0.25, 0.3) is 0 Å². The van der Waals surface area contributed by atoms with Crippen LogP contribution in [-0.2, 0) is 20.3 Å². The molecule has 0 saturated carbocycles. The lowest BCUT2D eigenvalue weighted by atomic mass is 10.1. The third kappa shape index (κ3) is 3.13. The number of halogens is 2. The number of carbonyl (C=O) groups excluding carboxylic acids is 1. The standard InChI is InChI=1S/C11H13F2NO3/c1-3-17-10(15)11(12,13)8-5-4-6-9(7-8)14-16-2/h4-7,14H,3H2,1-2H3. The van der Waals surface area contributed by atoms with Crippen molar-refractivity contribution in [1.29, 1.82) is 0 Å². The van der Waals surface area contributed by atoms with Gasteiger partial charge in [0.2, 0.25) is 0 Å². The smallest absolute Gasteiger partial charge is 0.381 e. The van der Waals surface area contributed by atoms with Gasteiger partial charge in [-0.1, -0.05) is 12.1 Å². The van der Waals surface area contributed by atoms with E-state index in [9.17, 15) is 13.6 Å². The third-order valence-electron chi connectivity index (χ3n) is 1.98. The number of ether oxygens (including phenoxy) is 1. The molecule has 0 atom stereocenters. The second-order valence-corrected chi connectivity index (χ2v) is 3.18. The molecule has 0 fully saturated rings. The van der Waals surface area contributed by atoms with Gasteiger partial charge in [-0.25, -0.2) is 4.79 Å². The monoisotopic (exact) mass is 245 g/mol. The molecule has 1 rings (SSSR count). The fourth-order valence-electron chi connectivity index (χ4n) is 1.24. The summed E-state index contributed by atoms with van der Waals surface area (Å²) in [5, 5.41) is 0. The number of esters is 1. The molecule has 0 aliphatic heterocycles. The number of anilines is 1. The quantitative estimate of drug-likeness (QED) is 0.638. The van der Waals surface area contributed by atoms with Crippen LogP contribution in [0.4, 0.5) is 14.5 Å². The normalized spacial score (nSPS) is 11.1. The van der Waals surface area contributed by atoms with Crippen LogP contribution in [0.3, 0.4) is 0 Å². The summed E-state index contributed by atoms with van der Waals surface area (Å²) in [6, 6.07) is 5.20. The van der Waals surface area contributed by atoms with E-state index in [1.165, 1.54) is 26.2 Å². The zero-order valence-corrected chi connectivity index (χ0v) is 9.50. The fourth-order valence-corrected chi connectivity index (χ4v) is 1.24. The summed E-state index contributed by atoms with van der Waals surface area (Å²) in [5.41, 5.74) is 2.29. The van der Waals surface area contributed by atoms with Gasteiger partial charge in [0.25, 0.3) is 0 Å². The van der Waals surface area contributed by atoms with E-state index in [1.807, 2.05) is 0 Å². The van der Waals surface area contributed by atoms with Crippen molar-refractivity contribution in [2.24, 2.45) is 0 Å². The Morgan fingerprint density at radius 3 is 2.76 bits per heavy atom. The van der Waals surface area contributed by atoms with E-state index >= 15 is 0 Å². The summed E-state index contributed by atoms with van der Waals surface area (Å²) in [5.74, 6) is -5.23. The Morgan fingerprint density at radius 1 is 1.47 bits per heavy atom. The van der Waals surface area contributed by atoms with Gasteiger partial charge in [-0.05, 0) is 19.1 Å². The lowest BCUT2D eigenvalue weighted by Crippen LogP contribution is -2.28. The highest BCUT2D eigenvalue weighted by Crippen LogP contribution is 2.31.